The lowest BCUT2D eigenvalue weighted by molar-refractivity contribution is -0.121. The third-order valence-corrected chi connectivity index (χ3v) is 4.92. The number of benzene rings is 1. The van der Waals surface area contributed by atoms with Crippen LogP contribution in [0.3, 0.4) is 0 Å². The van der Waals surface area contributed by atoms with E-state index in [4.69, 9.17) is 0 Å². The van der Waals surface area contributed by atoms with E-state index in [0.717, 1.165) is 48.6 Å². The van der Waals surface area contributed by atoms with Crippen molar-refractivity contribution in [3.05, 3.63) is 52.8 Å². The van der Waals surface area contributed by atoms with Gasteiger partial charge in [0.1, 0.15) is 0 Å². The number of hydrogen-bond acceptors (Lipinski definition) is 4. The van der Waals surface area contributed by atoms with Crippen molar-refractivity contribution in [1.29, 1.82) is 0 Å². The third-order valence-electron chi connectivity index (χ3n) is 4.92. The molecule has 4 rings (SSSR count). The van der Waals surface area contributed by atoms with E-state index in [2.05, 4.69) is 15.7 Å². The first-order valence-electron chi connectivity index (χ1n) is 9.11. The van der Waals surface area contributed by atoms with Gasteiger partial charge < -0.3 is 15.5 Å². The second kappa shape index (κ2) is 7.29. The first kappa shape index (κ1) is 16.8. The maximum absolute atomic E-state index is 12.3. The molecule has 2 N–H and O–H groups in total. The molecule has 136 valence electrons. The van der Waals surface area contributed by atoms with Gasteiger partial charge in [-0.25, -0.2) is 0 Å². The van der Waals surface area contributed by atoms with Gasteiger partial charge in [-0.15, -0.1) is 0 Å². The molecule has 1 aromatic heterocycles. The molecule has 0 spiro atoms. The number of amides is 2. The van der Waals surface area contributed by atoms with E-state index in [-0.39, 0.29) is 11.8 Å². The molecule has 0 bridgehead atoms. The average molecular weight is 353 g/mol. The molecule has 0 atom stereocenters. The predicted molar refractivity (Wildman–Crippen MR) is 96.2 cm³/mol. The topological polar surface area (TPSA) is 79.3 Å². The van der Waals surface area contributed by atoms with Crippen molar-refractivity contribution < 1.29 is 9.59 Å². The Hall–Kier alpha value is -2.67. The summed E-state index contributed by atoms with van der Waals surface area (Å²) in [4.78, 5) is 26.2. The number of nitrogens with one attached hydrogen (secondary N) is 2. The summed E-state index contributed by atoms with van der Waals surface area (Å²) in [7, 11) is 0. The molecule has 1 aromatic carbocycles. The van der Waals surface area contributed by atoms with Gasteiger partial charge in [0.25, 0.3) is 5.91 Å². The second-order valence-corrected chi connectivity index (χ2v) is 6.79. The Labute approximate surface area is 152 Å². The number of hydrogen-bond donors (Lipinski definition) is 2. The zero-order chi connectivity index (χ0) is 17.9. The van der Waals surface area contributed by atoms with Crippen LogP contribution in [-0.4, -0.2) is 39.6 Å². The number of fused-ring (bicyclic) bond motifs is 2. The zero-order valence-corrected chi connectivity index (χ0v) is 14.7. The Morgan fingerprint density at radius 1 is 1.31 bits per heavy atom. The Morgan fingerprint density at radius 3 is 3.08 bits per heavy atom. The molecule has 0 unspecified atom stereocenters. The minimum Gasteiger partial charge on any atom is -0.350 e. The first-order valence-corrected chi connectivity index (χ1v) is 9.11. The summed E-state index contributed by atoms with van der Waals surface area (Å²) in [5.74, 6) is -0.0474. The van der Waals surface area contributed by atoms with Gasteiger partial charge in [0.15, 0.2) is 0 Å². The summed E-state index contributed by atoms with van der Waals surface area (Å²) < 4.78 is 2.02. The smallest absolute Gasteiger partial charge is 0.254 e. The third kappa shape index (κ3) is 3.48. The molecular formula is C19H23N5O2. The maximum Gasteiger partial charge on any atom is 0.254 e. The van der Waals surface area contributed by atoms with Crippen LogP contribution >= 0.6 is 0 Å². The number of rotatable bonds is 5. The van der Waals surface area contributed by atoms with E-state index in [0.29, 0.717) is 26.1 Å². The van der Waals surface area contributed by atoms with Gasteiger partial charge in [-0.3, -0.25) is 14.3 Å². The van der Waals surface area contributed by atoms with Gasteiger partial charge in [-0.05, 0) is 30.7 Å². The van der Waals surface area contributed by atoms with Crippen molar-refractivity contribution in [2.45, 2.75) is 39.0 Å². The lowest BCUT2D eigenvalue weighted by Gasteiger charge is -2.15. The molecule has 0 radical (unpaired) electrons. The van der Waals surface area contributed by atoms with E-state index in [1.807, 2.05) is 35.0 Å². The number of carbonyl (C=O) groups excluding carboxylic acids is 2. The van der Waals surface area contributed by atoms with E-state index < -0.39 is 0 Å². The minimum atomic E-state index is -0.0601. The average Bonchev–Trinajstić information content (AvgIpc) is 3.11. The Balaban J connectivity index is 1.26. The van der Waals surface area contributed by atoms with E-state index in [1.54, 1.807) is 4.90 Å². The first-order chi connectivity index (χ1) is 12.7. The van der Waals surface area contributed by atoms with Crippen LogP contribution in [0.15, 0.2) is 30.3 Å². The van der Waals surface area contributed by atoms with Gasteiger partial charge >= 0.3 is 0 Å². The summed E-state index contributed by atoms with van der Waals surface area (Å²) in [6.45, 7) is 4.18. The normalized spacial score (nSPS) is 16.2. The van der Waals surface area contributed by atoms with Crippen molar-refractivity contribution in [2.75, 3.05) is 13.1 Å². The van der Waals surface area contributed by atoms with E-state index in [9.17, 15) is 9.59 Å². The fourth-order valence-electron chi connectivity index (χ4n) is 3.52. The Morgan fingerprint density at radius 2 is 2.19 bits per heavy atom. The fraction of sp³-hybridized carbons (Fsp3) is 0.421. The molecule has 7 heteroatoms. The highest BCUT2D eigenvalue weighted by Crippen LogP contribution is 2.22. The van der Waals surface area contributed by atoms with Gasteiger partial charge in [0.05, 0.1) is 17.9 Å². The molecule has 2 aliphatic rings. The molecule has 0 saturated carbocycles. The van der Waals surface area contributed by atoms with Crippen LogP contribution in [0.25, 0.3) is 0 Å². The van der Waals surface area contributed by atoms with E-state index in [1.165, 1.54) is 0 Å². The minimum absolute atomic E-state index is 0.0127. The van der Waals surface area contributed by atoms with Crippen molar-refractivity contribution in [2.24, 2.45) is 0 Å². The van der Waals surface area contributed by atoms with Crippen molar-refractivity contribution in [3.63, 3.8) is 0 Å². The monoisotopic (exact) mass is 353 g/mol. The largest absolute Gasteiger partial charge is 0.350 e. The summed E-state index contributed by atoms with van der Waals surface area (Å²) in [6, 6.07) is 9.65. The molecular weight excluding hydrogens is 330 g/mol. The zero-order valence-electron chi connectivity index (χ0n) is 14.7. The maximum atomic E-state index is 12.3. The van der Waals surface area contributed by atoms with Crippen molar-refractivity contribution >= 4 is 11.8 Å². The fourth-order valence-corrected chi connectivity index (χ4v) is 3.52. The molecule has 0 saturated heterocycles. The van der Waals surface area contributed by atoms with Crippen molar-refractivity contribution in [1.82, 2.24) is 25.3 Å². The highest BCUT2D eigenvalue weighted by molar-refractivity contribution is 5.98. The van der Waals surface area contributed by atoms with Crippen LogP contribution in [0.4, 0.5) is 0 Å². The molecule has 2 aliphatic heterocycles. The molecule has 2 amide bonds. The van der Waals surface area contributed by atoms with Gasteiger partial charge in [0.2, 0.25) is 5.91 Å². The molecule has 7 nitrogen and oxygen atoms in total. The standard InChI is InChI=1S/C19H23N5O2/c25-18(6-9-23-13-14-4-1-2-5-17(14)19(23)26)21-11-15-10-16-12-20-7-3-8-24(16)22-15/h1-2,4-5,10,20H,3,6-9,11-13H2,(H,21,25). The summed E-state index contributed by atoms with van der Waals surface area (Å²) in [5, 5.41) is 10.8. The predicted octanol–water partition coefficient (Wildman–Crippen LogP) is 1.04. The summed E-state index contributed by atoms with van der Waals surface area (Å²) >= 11 is 0. The molecule has 26 heavy (non-hydrogen) atoms. The van der Waals surface area contributed by atoms with Crippen LogP contribution < -0.4 is 10.6 Å². The Bertz CT molecular complexity index is 806. The number of carbonyl (C=O) groups is 2. The number of aryl methyl sites for hydroxylation is 1. The SMILES string of the molecule is O=C(CCN1Cc2ccccc2C1=O)NCc1cc2n(n1)CCCNC2. The lowest BCUT2D eigenvalue weighted by Crippen LogP contribution is -2.31. The van der Waals surface area contributed by atoms with Crippen molar-refractivity contribution in [3.8, 4) is 0 Å². The Kier molecular flexibility index (Phi) is 4.71. The lowest BCUT2D eigenvalue weighted by atomic mass is 10.1. The second-order valence-electron chi connectivity index (χ2n) is 6.79. The quantitative estimate of drug-likeness (QED) is 0.842. The van der Waals surface area contributed by atoms with E-state index >= 15 is 0 Å². The van der Waals surface area contributed by atoms with Gasteiger partial charge in [0, 0.05) is 38.2 Å². The highest BCUT2D eigenvalue weighted by atomic mass is 16.2. The van der Waals surface area contributed by atoms with Gasteiger partial charge in [-0.2, -0.15) is 5.10 Å². The molecule has 3 heterocycles. The molecule has 2 aromatic rings. The van der Waals surface area contributed by atoms with Crippen LogP contribution in [0.1, 0.15) is 40.2 Å². The number of aromatic nitrogens is 2. The van der Waals surface area contributed by atoms with Crippen LogP contribution in [0, 0.1) is 0 Å². The van der Waals surface area contributed by atoms with Crippen LogP contribution in [0.5, 0.6) is 0 Å². The van der Waals surface area contributed by atoms with Crippen LogP contribution in [0.2, 0.25) is 0 Å². The summed E-state index contributed by atoms with van der Waals surface area (Å²) in [5.41, 5.74) is 3.82. The highest BCUT2D eigenvalue weighted by Gasteiger charge is 2.26. The summed E-state index contributed by atoms with van der Waals surface area (Å²) in [6.07, 6.45) is 1.36. The number of nitrogens with zero attached hydrogens (tertiary/aromatic N) is 3. The van der Waals surface area contributed by atoms with Gasteiger partial charge in [-0.1, -0.05) is 18.2 Å². The molecule has 0 fully saturated rings. The molecule has 0 aliphatic carbocycles. The van der Waals surface area contributed by atoms with Crippen LogP contribution in [-0.2, 0) is 31.0 Å².